The highest BCUT2D eigenvalue weighted by Gasteiger charge is 2.22. The minimum atomic E-state index is -0.203. The molecular weight excluding hydrogens is 368 g/mol. The molecule has 0 saturated heterocycles. The number of nitrogens with zero attached hydrogens (tertiary/aromatic N) is 5. The van der Waals surface area contributed by atoms with Crippen LogP contribution in [0.15, 0.2) is 5.16 Å². The molecule has 26 heavy (non-hydrogen) atoms. The van der Waals surface area contributed by atoms with Gasteiger partial charge in [0.2, 0.25) is 11.1 Å². The van der Waals surface area contributed by atoms with Gasteiger partial charge < -0.3 is 5.32 Å². The molecule has 2 aromatic rings. The summed E-state index contributed by atoms with van der Waals surface area (Å²) in [7, 11) is 0. The Balaban J connectivity index is 1.58. The molecule has 0 bridgehead atoms. The van der Waals surface area contributed by atoms with Crippen LogP contribution in [-0.4, -0.2) is 31.9 Å². The van der Waals surface area contributed by atoms with E-state index in [0.29, 0.717) is 27.9 Å². The van der Waals surface area contributed by atoms with Gasteiger partial charge in [0.15, 0.2) is 0 Å². The van der Waals surface area contributed by atoms with Crippen LogP contribution in [0.4, 0.5) is 5.00 Å². The number of aromatic nitrogens is 4. The molecule has 9 heteroatoms. The zero-order chi connectivity index (χ0) is 18.7. The predicted molar refractivity (Wildman–Crippen MR) is 102 cm³/mol. The maximum Gasteiger partial charge on any atom is 0.225 e. The molecule has 2 heterocycles. The second-order valence-corrected chi connectivity index (χ2v) is 9.38. The summed E-state index contributed by atoms with van der Waals surface area (Å²) in [5.41, 5.74) is 1.59. The van der Waals surface area contributed by atoms with Crippen molar-refractivity contribution < 1.29 is 4.79 Å². The first-order valence-electron chi connectivity index (χ1n) is 8.66. The SMILES string of the molecule is CC(C)(C)n1nnnc1SCCC(=O)Nc1sc2c(c1C#N)CCCC2. The number of anilines is 1. The first-order chi connectivity index (χ1) is 12.4. The summed E-state index contributed by atoms with van der Waals surface area (Å²) < 4.78 is 1.76. The van der Waals surface area contributed by atoms with Crippen LogP contribution in [0.1, 0.15) is 56.0 Å². The Morgan fingerprint density at radius 2 is 2.15 bits per heavy atom. The molecule has 0 aliphatic heterocycles. The number of carbonyl (C=O) groups is 1. The Hall–Kier alpha value is -1.92. The lowest BCUT2D eigenvalue weighted by Crippen LogP contribution is -2.24. The van der Waals surface area contributed by atoms with Gasteiger partial charge in [-0.15, -0.1) is 16.4 Å². The van der Waals surface area contributed by atoms with Crippen molar-refractivity contribution in [2.24, 2.45) is 0 Å². The van der Waals surface area contributed by atoms with E-state index >= 15 is 0 Å². The van der Waals surface area contributed by atoms with E-state index in [1.807, 2.05) is 20.8 Å². The molecular formula is C17H22N6OS2. The van der Waals surface area contributed by atoms with E-state index in [-0.39, 0.29) is 11.4 Å². The number of nitriles is 1. The molecule has 0 unspecified atom stereocenters. The van der Waals surface area contributed by atoms with Crippen molar-refractivity contribution in [1.82, 2.24) is 20.2 Å². The lowest BCUT2D eigenvalue weighted by atomic mass is 9.96. The van der Waals surface area contributed by atoms with Crippen LogP contribution in [0.5, 0.6) is 0 Å². The molecule has 138 valence electrons. The van der Waals surface area contributed by atoms with E-state index in [1.165, 1.54) is 16.6 Å². The highest BCUT2D eigenvalue weighted by atomic mass is 32.2. The van der Waals surface area contributed by atoms with E-state index in [1.54, 1.807) is 16.0 Å². The van der Waals surface area contributed by atoms with Crippen molar-refractivity contribution in [1.29, 1.82) is 5.26 Å². The standard InChI is InChI=1S/C17H22N6OS2/c1-17(2,3)23-16(20-21-22-23)25-9-8-14(24)19-15-12(10-18)11-6-4-5-7-13(11)26-15/h4-9H2,1-3H3,(H,19,24). The van der Waals surface area contributed by atoms with Gasteiger partial charge in [-0.05, 0) is 62.4 Å². The van der Waals surface area contributed by atoms with Gasteiger partial charge in [-0.1, -0.05) is 11.8 Å². The fourth-order valence-electron chi connectivity index (χ4n) is 2.89. The Morgan fingerprint density at radius 1 is 1.38 bits per heavy atom. The van der Waals surface area contributed by atoms with E-state index in [0.717, 1.165) is 31.2 Å². The number of rotatable bonds is 5. The van der Waals surface area contributed by atoms with Crippen LogP contribution in [0, 0.1) is 11.3 Å². The number of carbonyl (C=O) groups excluding carboxylic acids is 1. The van der Waals surface area contributed by atoms with Crippen molar-refractivity contribution in [2.45, 2.75) is 63.6 Å². The number of amides is 1. The van der Waals surface area contributed by atoms with Crippen LogP contribution < -0.4 is 5.32 Å². The summed E-state index contributed by atoms with van der Waals surface area (Å²) in [5, 5.41) is 25.6. The zero-order valence-corrected chi connectivity index (χ0v) is 16.8. The second kappa shape index (κ2) is 7.76. The molecule has 0 aromatic carbocycles. The molecule has 0 atom stereocenters. The van der Waals surface area contributed by atoms with Gasteiger partial charge >= 0.3 is 0 Å². The third-order valence-electron chi connectivity index (χ3n) is 4.17. The van der Waals surface area contributed by atoms with Gasteiger partial charge in [-0.25, -0.2) is 4.68 Å². The predicted octanol–water partition coefficient (Wildman–Crippen LogP) is 3.36. The van der Waals surface area contributed by atoms with Crippen LogP contribution in [0.2, 0.25) is 0 Å². The molecule has 0 saturated carbocycles. The van der Waals surface area contributed by atoms with E-state index in [9.17, 15) is 10.1 Å². The minimum Gasteiger partial charge on any atom is -0.317 e. The summed E-state index contributed by atoms with van der Waals surface area (Å²) in [6, 6.07) is 2.27. The number of thioether (sulfide) groups is 1. The monoisotopic (exact) mass is 390 g/mol. The van der Waals surface area contributed by atoms with Crippen molar-refractivity contribution in [3.8, 4) is 6.07 Å². The van der Waals surface area contributed by atoms with Crippen molar-refractivity contribution in [3.63, 3.8) is 0 Å². The summed E-state index contributed by atoms with van der Waals surface area (Å²) in [5.74, 6) is 0.498. The Morgan fingerprint density at radius 3 is 2.88 bits per heavy atom. The number of hydrogen-bond acceptors (Lipinski definition) is 7. The van der Waals surface area contributed by atoms with E-state index < -0.39 is 0 Å². The molecule has 1 amide bonds. The van der Waals surface area contributed by atoms with Crippen LogP contribution in [0.3, 0.4) is 0 Å². The third kappa shape index (κ3) is 4.07. The fourth-order valence-corrected chi connectivity index (χ4v) is 5.14. The van der Waals surface area contributed by atoms with Crippen LogP contribution >= 0.6 is 23.1 Å². The number of fused-ring (bicyclic) bond motifs is 1. The van der Waals surface area contributed by atoms with Gasteiger partial charge in [0, 0.05) is 17.1 Å². The van der Waals surface area contributed by atoms with Gasteiger partial charge in [0.05, 0.1) is 11.1 Å². The zero-order valence-electron chi connectivity index (χ0n) is 15.2. The van der Waals surface area contributed by atoms with Crippen LogP contribution in [0.25, 0.3) is 0 Å². The maximum absolute atomic E-state index is 12.3. The molecule has 1 aliphatic rings. The molecule has 0 spiro atoms. The molecule has 0 radical (unpaired) electrons. The summed E-state index contributed by atoms with van der Waals surface area (Å²) in [6.07, 6.45) is 4.57. The summed E-state index contributed by atoms with van der Waals surface area (Å²) in [4.78, 5) is 13.6. The first kappa shape index (κ1) is 18.9. The van der Waals surface area contributed by atoms with Crippen LogP contribution in [-0.2, 0) is 23.2 Å². The highest BCUT2D eigenvalue weighted by molar-refractivity contribution is 7.99. The topological polar surface area (TPSA) is 96.5 Å². The Labute approximate surface area is 161 Å². The smallest absolute Gasteiger partial charge is 0.225 e. The lowest BCUT2D eigenvalue weighted by molar-refractivity contribution is -0.115. The number of tetrazole rings is 1. The quantitative estimate of drug-likeness (QED) is 0.786. The third-order valence-corrected chi connectivity index (χ3v) is 6.30. The average Bonchev–Trinajstić information content (AvgIpc) is 3.18. The highest BCUT2D eigenvalue weighted by Crippen LogP contribution is 2.37. The fraction of sp³-hybridized carbons (Fsp3) is 0.588. The van der Waals surface area contributed by atoms with Gasteiger partial charge in [-0.3, -0.25) is 4.79 Å². The molecule has 2 aromatic heterocycles. The normalized spacial score (nSPS) is 13.9. The molecule has 3 rings (SSSR count). The second-order valence-electron chi connectivity index (χ2n) is 7.22. The summed E-state index contributed by atoms with van der Waals surface area (Å²) in [6.45, 7) is 6.09. The Kier molecular flexibility index (Phi) is 5.63. The van der Waals surface area contributed by atoms with E-state index in [4.69, 9.17) is 0 Å². The molecule has 1 N–H and O–H groups in total. The minimum absolute atomic E-state index is 0.0811. The van der Waals surface area contributed by atoms with Crippen molar-refractivity contribution >= 4 is 34.0 Å². The molecule has 1 aliphatic carbocycles. The number of hydrogen-bond donors (Lipinski definition) is 1. The van der Waals surface area contributed by atoms with Crippen molar-refractivity contribution in [2.75, 3.05) is 11.1 Å². The molecule has 0 fully saturated rings. The number of aryl methyl sites for hydroxylation is 1. The van der Waals surface area contributed by atoms with Gasteiger partial charge in [0.25, 0.3) is 0 Å². The van der Waals surface area contributed by atoms with Gasteiger partial charge in [0.1, 0.15) is 11.1 Å². The number of thiophene rings is 1. The summed E-state index contributed by atoms with van der Waals surface area (Å²) >= 11 is 3.02. The number of nitrogens with one attached hydrogen (secondary N) is 1. The molecule has 7 nitrogen and oxygen atoms in total. The maximum atomic E-state index is 12.3. The lowest BCUT2D eigenvalue weighted by Gasteiger charge is -2.19. The van der Waals surface area contributed by atoms with Crippen molar-refractivity contribution in [3.05, 3.63) is 16.0 Å². The van der Waals surface area contributed by atoms with E-state index in [2.05, 4.69) is 26.9 Å². The largest absolute Gasteiger partial charge is 0.317 e. The Bertz CT molecular complexity index is 843. The average molecular weight is 391 g/mol. The van der Waals surface area contributed by atoms with Gasteiger partial charge in [-0.2, -0.15) is 5.26 Å². The first-order valence-corrected chi connectivity index (χ1v) is 10.5.